The minimum Gasteiger partial charge on any atom is -0.426 e. The first kappa shape index (κ1) is 23.6. The van der Waals surface area contributed by atoms with E-state index in [-0.39, 0.29) is 35.9 Å². The highest BCUT2D eigenvalue weighted by Crippen LogP contribution is 2.69. The average Bonchev–Trinajstić information content (AvgIpc) is 3.01. The minimum atomic E-state index is -1.74. The molecule has 5 aliphatic rings. The van der Waals surface area contributed by atoms with E-state index in [4.69, 9.17) is 14.2 Å². The lowest BCUT2D eigenvalue weighted by Gasteiger charge is -2.66. The molecule has 2 aliphatic heterocycles. The van der Waals surface area contributed by atoms with Crippen LogP contribution in [0.2, 0.25) is 25.2 Å². The smallest absolute Gasteiger partial charge is 0.426 e. The quantitative estimate of drug-likeness (QED) is 0.335. The van der Waals surface area contributed by atoms with Crippen molar-refractivity contribution in [2.45, 2.75) is 103 Å². The van der Waals surface area contributed by atoms with Gasteiger partial charge in [0, 0.05) is 22.7 Å². The van der Waals surface area contributed by atoms with Gasteiger partial charge >= 0.3 is 6.16 Å². The molecular weight excluding hydrogens is 436 g/mol. The summed E-state index contributed by atoms with van der Waals surface area (Å²) in [6.45, 7) is 19.7. The Hall–Kier alpha value is -1.18. The molecule has 0 aromatic rings. The Kier molecular flexibility index (Phi) is 4.65. The summed E-state index contributed by atoms with van der Waals surface area (Å²) in [5.74, 6) is -0.772. The van der Waals surface area contributed by atoms with Crippen molar-refractivity contribution in [3.8, 4) is 0 Å². The third-order valence-electron chi connectivity index (χ3n) is 10.7. The number of aliphatic hydroxyl groups is 1. The number of Topliss-reactive ketones (excluding diaryl/α,β-unsaturated/α-hetero) is 1. The second kappa shape index (κ2) is 6.52. The summed E-state index contributed by atoms with van der Waals surface area (Å²) in [6, 6.07) is 0. The highest BCUT2D eigenvalue weighted by Gasteiger charge is 2.78. The van der Waals surface area contributed by atoms with Gasteiger partial charge < -0.3 is 19.3 Å². The maximum absolute atomic E-state index is 14.5. The fourth-order valence-electron chi connectivity index (χ4n) is 8.76. The van der Waals surface area contributed by atoms with Gasteiger partial charge in [-0.25, -0.2) is 4.79 Å². The van der Waals surface area contributed by atoms with Gasteiger partial charge in [0.1, 0.15) is 11.4 Å². The van der Waals surface area contributed by atoms with Crippen LogP contribution in [-0.2, 0) is 19.0 Å². The number of ether oxygens (including phenoxy) is 3. The molecule has 33 heavy (non-hydrogen) atoms. The summed E-state index contributed by atoms with van der Waals surface area (Å²) in [5, 5.41) is 12.0. The number of carbonyl (C=O) groups excluding carboxylic acids is 2. The predicted octanol–water partition coefficient (Wildman–Crippen LogP) is 4.73. The van der Waals surface area contributed by atoms with Crippen LogP contribution in [0, 0.1) is 28.6 Å². The van der Waals surface area contributed by atoms with Gasteiger partial charge in [0.25, 0.3) is 0 Å². The van der Waals surface area contributed by atoms with Gasteiger partial charge in [-0.3, -0.25) is 4.79 Å². The number of ketones is 1. The Bertz CT molecular complexity index is 964. The summed E-state index contributed by atoms with van der Waals surface area (Å²) in [7, 11) is -1.74. The zero-order valence-electron chi connectivity index (χ0n) is 21.6. The molecule has 1 N–H and O–H groups in total. The molecule has 3 aliphatic carbocycles. The second-order valence-corrected chi connectivity index (χ2v) is 18.8. The molecule has 2 saturated carbocycles. The fraction of sp³-hybridized carbons (Fsp3) is 0.846. The number of carbonyl (C=O) groups is 2. The molecule has 2 bridgehead atoms. The normalized spacial score (nSPS) is 50.7. The van der Waals surface area contributed by atoms with Crippen LogP contribution in [0.5, 0.6) is 0 Å². The largest absolute Gasteiger partial charge is 0.509 e. The van der Waals surface area contributed by atoms with E-state index < -0.39 is 48.3 Å². The van der Waals surface area contributed by atoms with Crippen LogP contribution in [0.4, 0.5) is 4.79 Å². The molecule has 0 radical (unpaired) electrons. The second-order valence-electron chi connectivity index (χ2n) is 13.4. The van der Waals surface area contributed by atoms with Crippen molar-refractivity contribution in [3.63, 3.8) is 0 Å². The van der Waals surface area contributed by atoms with Gasteiger partial charge in [0.05, 0.1) is 20.8 Å². The molecule has 6 unspecified atom stereocenters. The van der Waals surface area contributed by atoms with Crippen molar-refractivity contribution >= 4 is 20.0 Å². The molecule has 4 fully saturated rings. The van der Waals surface area contributed by atoms with Gasteiger partial charge in [-0.2, -0.15) is 0 Å². The zero-order valence-corrected chi connectivity index (χ0v) is 22.6. The number of hydrogen-bond donors (Lipinski definition) is 1. The molecule has 0 aromatic heterocycles. The minimum absolute atomic E-state index is 0.0185. The number of fused-ring (bicyclic) bond motifs is 5. The van der Waals surface area contributed by atoms with Gasteiger partial charge in [-0.1, -0.05) is 65.4 Å². The lowest BCUT2D eigenvalue weighted by atomic mass is 9.43. The van der Waals surface area contributed by atoms with Crippen LogP contribution in [0.3, 0.4) is 0 Å². The van der Waals surface area contributed by atoms with Crippen LogP contribution in [0.25, 0.3) is 0 Å². The Morgan fingerprint density at radius 2 is 1.73 bits per heavy atom. The maximum atomic E-state index is 14.5. The van der Waals surface area contributed by atoms with Crippen molar-refractivity contribution in [1.82, 2.24) is 0 Å². The highest BCUT2D eigenvalue weighted by atomic mass is 28.3. The lowest BCUT2D eigenvalue weighted by Crippen LogP contribution is -2.78. The molecule has 0 amide bonds. The van der Waals surface area contributed by atoms with Crippen molar-refractivity contribution in [2.24, 2.45) is 28.6 Å². The summed E-state index contributed by atoms with van der Waals surface area (Å²) in [6.07, 6.45) is -0.437. The number of rotatable bonds is 1. The lowest BCUT2D eigenvalue weighted by molar-refractivity contribution is -0.326. The van der Waals surface area contributed by atoms with Crippen molar-refractivity contribution in [2.75, 3.05) is 6.61 Å². The highest BCUT2D eigenvalue weighted by molar-refractivity contribution is 6.78. The predicted molar refractivity (Wildman–Crippen MR) is 127 cm³/mol. The van der Waals surface area contributed by atoms with E-state index in [2.05, 4.69) is 47.3 Å². The molecule has 5 rings (SSSR count). The van der Waals surface area contributed by atoms with E-state index >= 15 is 0 Å². The van der Waals surface area contributed by atoms with E-state index in [1.807, 2.05) is 13.8 Å². The summed E-state index contributed by atoms with van der Waals surface area (Å²) in [5.41, 5.74) is -0.939. The Morgan fingerprint density at radius 3 is 2.27 bits per heavy atom. The van der Waals surface area contributed by atoms with Gasteiger partial charge in [0.2, 0.25) is 0 Å². The SMILES string of the molecule is CC1=C2[C@@H](C)C(=O)[C@@]3(C)C(C4OC(=O)OC4(CC1[Si](C)(C)C)C2(C)C)C1(O)COC1C[C@@H]3C. The number of hydrogen-bond acceptors (Lipinski definition) is 6. The summed E-state index contributed by atoms with van der Waals surface area (Å²) in [4.78, 5) is 27.4. The van der Waals surface area contributed by atoms with Crippen molar-refractivity contribution < 1.29 is 28.9 Å². The van der Waals surface area contributed by atoms with Crippen molar-refractivity contribution in [1.29, 1.82) is 0 Å². The molecule has 7 heteroatoms. The van der Waals surface area contributed by atoms with E-state index in [9.17, 15) is 14.7 Å². The number of allylic oxidation sites excluding steroid dienone is 1. The van der Waals surface area contributed by atoms with Gasteiger partial charge in [-0.15, -0.1) is 0 Å². The van der Waals surface area contributed by atoms with E-state index in [1.54, 1.807) is 0 Å². The van der Waals surface area contributed by atoms with Crippen LogP contribution >= 0.6 is 0 Å². The molecule has 6 nitrogen and oxygen atoms in total. The monoisotopic (exact) mass is 476 g/mol. The average molecular weight is 477 g/mol. The van der Waals surface area contributed by atoms with Crippen LogP contribution in [0.15, 0.2) is 11.1 Å². The topological polar surface area (TPSA) is 82.1 Å². The fourth-order valence-corrected chi connectivity index (χ4v) is 11.1. The first-order valence-electron chi connectivity index (χ1n) is 12.5. The maximum Gasteiger partial charge on any atom is 0.509 e. The first-order valence-corrected chi connectivity index (χ1v) is 16.1. The van der Waals surface area contributed by atoms with Gasteiger partial charge in [-0.05, 0) is 31.2 Å². The Balaban J connectivity index is 1.85. The van der Waals surface area contributed by atoms with E-state index in [0.29, 0.717) is 12.8 Å². The molecular formula is C26H40O6Si. The van der Waals surface area contributed by atoms with Crippen LogP contribution in [0.1, 0.15) is 54.4 Å². The standard InChI is InChI=1S/C26H40O6Si/c1-13-10-17-25(29,12-30-17)19-21-26(32-22(28)31-21)11-16(33(7,8)9)14(2)18(23(26,4)5)15(3)20(27)24(13,19)6/h13,15-17,19,21,29H,10-12H2,1-9H3/t13-,15+,16?,17?,19?,21?,24+,25?,26?/m0/s1. The molecule has 0 aromatic carbocycles. The third kappa shape index (κ3) is 2.57. The van der Waals surface area contributed by atoms with Crippen LogP contribution < -0.4 is 0 Å². The summed E-state index contributed by atoms with van der Waals surface area (Å²) >= 11 is 0. The molecule has 184 valence electrons. The molecule has 2 saturated heterocycles. The van der Waals surface area contributed by atoms with Crippen molar-refractivity contribution in [3.05, 3.63) is 11.1 Å². The molecule has 2 heterocycles. The first-order chi connectivity index (χ1) is 15.0. The van der Waals surface area contributed by atoms with E-state index in [1.165, 1.54) is 5.57 Å². The van der Waals surface area contributed by atoms with E-state index in [0.717, 1.165) is 5.57 Å². The summed E-state index contributed by atoms with van der Waals surface area (Å²) < 4.78 is 18.1. The molecule has 1 spiro atoms. The Labute approximate surface area is 198 Å². The third-order valence-corrected chi connectivity index (χ3v) is 13.4. The van der Waals surface area contributed by atoms with Gasteiger partial charge in [0.15, 0.2) is 11.7 Å². The zero-order chi connectivity index (χ0) is 24.5. The molecule has 9 atom stereocenters. The van der Waals surface area contributed by atoms with Crippen LogP contribution in [-0.4, -0.2) is 55.1 Å². The Morgan fingerprint density at radius 1 is 1.09 bits per heavy atom.